The summed E-state index contributed by atoms with van der Waals surface area (Å²) >= 11 is 5.76. The zero-order valence-electron chi connectivity index (χ0n) is 9.25. The highest BCUT2D eigenvalue weighted by molar-refractivity contribution is 6.18. The summed E-state index contributed by atoms with van der Waals surface area (Å²) < 4.78 is 0. The molecule has 2 aliphatic rings. The molecule has 3 heteroatoms. The molecule has 0 heterocycles. The first kappa shape index (κ1) is 11.3. The Hall–Kier alpha value is -0.240. The Morgan fingerprint density at radius 1 is 1.20 bits per heavy atom. The fourth-order valence-electron chi connectivity index (χ4n) is 2.36. The summed E-state index contributed by atoms with van der Waals surface area (Å²) in [6, 6.07) is 0.510. The van der Waals surface area contributed by atoms with E-state index < -0.39 is 0 Å². The Bertz CT molecular complexity index is 224. The van der Waals surface area contributed by atoms with Crippen molar-refractivity contribution >= 4 is 17.5 Å². The van der Waals surface area contributed by atoms with Gasteiger partial charge >= 0.3 is 0 Å². The van der Waals surface area contributed by atoms with Gasteiger partial charge < -0.3 is 4.90 Å². The lowest BCUT2D eigenvalue weighted by atomic mass is 9.82. The number of alkyl halides is 1. The first-order valence-corrected chi connectivity index (χ1v) is 6.70. The van der Waals surface area contributed by atoms with Crippen LogP contribution >= 0.6 is 11.6 Å². The van der Waals surface area contributed by atoms with E-state index in [2.05, 4.69) is 0 Å². The minimum absolute atomic E-state index is 0.352. The molecule has 0 unspecified atom stereocenters. The second kappa shape index (κ2) is 5.20. The van der Waals surface area contributed by atoms with E-state index in [1.54, 1.807) is 0 Å². The largest absolute Gasteiger partial charge is 0.339 e. The SMILES string of the molecule is O=C(CC1CCC1)N(CCCl)C1CCC1. The normalized spacial score (nSPS) is 21.9. The van der Waals surface area contributed by atoms with E-state index in [0.717, 1.165) is 13.0 Å². The zero-order chi connectivity index (χ0) is 10.7. The highest BCUT2D eigenvalue weighted by atomic mass is 35.5. The molecule has 0 N–H and O–H groups in total. The van der Waals surface area contributed by atoms with Crippen molar-refractivity contribution in [2.24, 2.45) is 5.92 Å². The van der Waals surface area contributed by atoms with E-state index >= 15 is 0 Å². The summed E-state index contributed by atoms with van der Waals surface area (Å²) in [4.78, 5) is 14.1. The number of carbonyl (C=O) groups excluding carboxylic acids is 1. The molecular weight excluding hydrogens is 210 g/mol. The first-order chi connectivity index (χ1) is 7.31. The van der Waals surface area contributed by atoms with Crippen LogP contribution in [0.1, 0.15) is 44.9 Å². The minimum atomic E-state index is 0.352. The Labute approximate surface area is 97.0 Å². The Kier molecular flexibility index (Phi) is 3.90. The van der Waals surface area contributed by atoms with Crippen molar-refractivity contribution in [3.05, 3.63) is 0 Å². The third kappa shape index (κ3) is 2.66. The monoisotopic (exact) mass is 229 g/mol. The van der Waals surface area contributed by atoms with Gasteiger partial charge in [0.25, 0.3) is 0 Å². The van der Waals surface area contributed by atoms with Crippen LogP contribution in [0, 0.1) is 5.92 Å². The maximum Gasteiger partial charge on any atom is 0.223 e. The van der Waals surface area contributed by atoms with Crippen LogP contribution in [-0.4, -0.2) is 29.3 Å². The van der Waals surface area contributed by atoms with Crippen LogP contribution < -0.4 is 0 Å². The number of hydrogen-bond donors (Lipinski definition) is 0. The van der Waals surface area contributed by atoms with Crippen LogP contribution in [-0.2, 0) is 4.79 Å². The molecule has 1 amide bonds. The van der Waals surface area contributed by atoms with Gasteiger partial charge in [0.1, 0.15) is 0 Å². The molecule has 0 aromatic heterocycles. The van der Waals surface area contributed by atoms with Gasteiger partial charge in [0.05, 0.1) is 0 Å². The van der Waals surface area contributed by atoms with Gasteiger partial charge in [-0.15, -0.1) is 11.6 Å². The minimum Gasteiger partial charge on any atom is -0.339 e. The van der Waals surface area contributed by atoms with Crippen molar-refractivity contribution in [2.45, 2.75) is 51.0 Å². The fourth-order valence-corrected chi connectivity index (χ4v) is 2.54. The van der Waals surface area contributed by atoms with Crippen LogP contribution in [0.4, 0.5) is 0 Å². The van der Waals surface area contributed by atoms with Gasteiger partial charge in [-0.2, -0.15) is 0 Å². The third-order valence-electron chi connectivity index (χ3n) is 3.85. The average Bonchev–Trinajstić information content (AvgIpc) is 2.07. The Morgan fingerprint density at radius 3 is 2.27 bits per heavy atom. The highest BCUT2D eigenvalue weighted by Crippen LogP contribution is 2.32. The van der Waals surface area contributed by atoms with Crippen molar-refractivity contribution in [2.75, 3.05) is 12.4 Å². The van der Waals surface area contributed by atoms with E-state index in [4.69, 9.17) is 11.6 Å². The molecule has 2 rings (SSSR count). The lowest BCUT2D eigenvalue weighted by Gasteiger charge is -2.38. The molecular formula is C12H20ClNO. The predicted molar refractivity (Wildman–Crippen MR) is 62.0 cm³/mol. The molecule has 0 aliphatic heterocycles. The molecule has 2 aliphatic carbocycles. The molecule has 0 saturated heterocycles. The maximum absolute atomic E-state index is 12.0. The summed E-state index contributed by atoms with van der Waals surface area (Å²) in [5, 5.41) is 0. The number of amides is 1. The molecule has 0 spiro atoms. The van der Waals surface area contributed by atoms with E-state index in [1.807, 2.05) is 4.90 Å². The van der Waals surface area contributed by atoms with Gasteiger partial charge in [0.2, 0.25) is 5.91 Å². The number of carbonyl (C=O) groups is 1. The second-order valence-corrected chi connectivity index (χ2v) is 5.24. The highest BCUT2D eigenvalue weighted by Gasteiger charge is 2.30. The molecule has 0 atom stereocenters. The van der Waals surface area contributed by atoms with Crippen molar-refractivity contribution in [1.29, 1.82) is 0 Å². The van der Waals surface area contributed by atoms with Crippen LogP contribution in [0.25, 0.3) is 0 Å². The molecule has 0 bridgehead atoms. The molecule has 15 heavy (non-hydrogen) atoms. The summed E-state index contributed by atoms with van der Waals surface area (Å²) in [6.07, 6.45) is 8.25. The summed E-state index contributed by atoms with van der Waals surface area (Å²) in [5.41, 5.74) is 0. The molecule has 0 radical (unpaired) electrons. The van der Waals surface area contributed by atoms with Gasteiger partial charge in [0, 0.05) is 24.9 Å². The quantitative estimate of drug-likeness (QED) is 0.664. The van der Waals surface area contributed by atoms with Gasteiger partial charge in [-0.05, 0) is 38.0 Å². The molecule has 0 aromatic rings. The van der Waals surface area contributed by atoms with E-state index in [1.165, 1.54) is 38.5 Å². The molecule has 0 aromatic carbocycles. The van der Waals surface area contributed by atoms with Crippen LogP contribution in [0.2, 0.25) is 0 Å². The van der Waals surface area contributed by atoms with E-state index in [-0.39, 0.29) is 0 Å². The molecule has 2 saturated carbocycles. The van der Waals surface area contributed by atoms with Gasteiger partial charge in [-0.25, -0.2) is 0 Å². The third-order valence-corrected chi connectivity index (χ3v) is 4.02. The summed E-state index contributed by atoms with van der Waals surface area (Å²) in [5.74, 6) is 1.60. The van der Waals surface area contributed by atoms with E-state index in [0.29, 0.717) is 23.7 Å². The van der Waals surface area contributed by atoms with Crippen molar-refractivity contribution < 1.29 is 4.79 Å². The summed E-state index contributed by atoms with van der Waals surface area (Å²) in [6.45, 7) is 0.748. The maximum atomic E-state index is 12.0. The van der Waals surface area contributed by atoms with Gasteiger partial charge in [0.15, 0.2) is 0 Å². The molecule has 2 nitrogen and oxygen atoms in total. The second-order valence-electron chi connectivity index (χ2n) is 4.86. The fraction of sp³-hybridized carbons (Fsp3) is 0.917. The zero-order valence-corrected chi connectivity index (χ0v) is 10.0. The smallest absolute Gasteiger partial charge is 0.223 e. The average molecular weight is 230 g/mol. The lowest BCUT2D eigenvalue weighted by molar-refractivity contribution is -0.136. The van der Waals surface area contributed by atoms with Crippen LogP contribution in [0.15, 0.2) is 0 Å². The predicted octanol–water partition coefficient (Wildman–Crippen LogP) is 2.80. The lowest BCUT2D eigenvalue weighted by Crippen LogP contribution is -2.46. The number of halogens is 1. The summed E-state index contributed by atoms with van der Waals surface area (Å²) in [7, 11) is 0. The Balaban J connectivity index is 1.81. The van der Waals surface area contributed by atoms with Crippen LogP contribution in [0.3, 0.4) is 0 Å². The van der Waals surface area contributed by atoms with Gasteiger partial charge in [-0.3, -0.25) is 4.79 Å². The first-order valence-electron chi connectivity index (χ1n) is 6.16. The van der Waals surface area contributed by atoms with E-state index in [9.17, 15) is 4.79 Å². The molecule has 86 valence electrons. The number of nitrogens with zero attached hydrogens (tertiary/aromatic N) is 1. The standard InChI is InChI=1S/C12H20ClNO/c13-7-8-14(11-5-2-6-11)12(15)9-10-3-1-4-10/h10-11H,1-9H2. The molecule has 2 fully saturated rings. The number of rotatable bonds is 5. The Morgan fingerprint density at radius 2 is 1.87 bits per heavy atom. The van der Waals surface area contributed by atoms with Crippen molar-refractivity contribution in [1.82, 2.24) is 4.90 Å². The number of hydrogen-bond acceptors (Lipinski definition) is 1. The van der Waals surface area contributed by atoms with Crippen molar-refractivity contribution in [3.63, 3.8) is 0 Å². The van der Waals surface area contributed by atoms with Crippen molar-refractivity contribution in [3.8, 4) is 0 Å². The van der Waals surface area contributed by atoms with Crippen LogP contribution in [0.5, 0.6) is 0 Å². The van der Waals surface area contributed by atoms with Gasteiger partial charge in [-0.1, -0.05) is 6.42 Å². The topological polar surface area (TPSA) is 20.3 Å².